The molecule has 1 aliphatic rings. The third-order valence-corrected chi connectivity index (χ3v) is 3.57. The molecule has 1 atom stereocenters. The lowest BCUT2D eigenvalue weighted by Crippen LogP contribution is -2.36. The van der Waals surface area contributed by atoms with Crippen LogP contribution in [0.3, 0.4) is 0 Å². The molecule has 2 rings (SSSR count). The molecule has 1 saturated heterocycles. The van der Waals surface area contributed by atoms with E-state index >= 15 is 0 Å². The van der Waals surface area contributed by atoms with Crippen molar-refractivity contribution in [3.8, 4) is 0 Å². The molecule has 2 nitrogen and oxygen atoms in total. The quantitative estimate of drug-likeness (QED) is 0.866. The molecule has 2 heteroatoms. The van der Waals surface area contributed by atoms with Crippen LogP contribution in [0.1, 0.15) is 35.1 Å². The second-order valence-electron chi connectivity index (χ2n) is 5.17. The lowest BCUT2D eigenvalue weighted by Gasteiger charge is -2.24. The van der Waals surface area contributed by atoms with E-state index in [2.05, 4.69) is 38.2 Å². The number of hydrogen-bond acceptors (Lipinski definition) is 2. The summed E-state index contributed by atoms with van der Waals surface area (Å²) in [5, 5.41) is 3.61. The lowest BCUT2D eigenvalue weighted by molar-refractivity contribution is 0.0699. The Bertz CT molecular complexity index is 358. The summed E-state index contributed by atoms with van der Waals surface area (Å²) in [5.74, 6) is 0. The summed E-state index contributed by atoms with van der Waals surface area (Å²) in [4.78, 5) is 0. The van der Waals surface area contributed by atoms with Crippen LogP contribution in [0.5, 0.6) is 0 Å². The van der Waals surface area contributed by atoms with E-state index < -0.39 is 0 Å². The first-order valence-corrected chi connectivity index (χ1v) is 6.54. The van der Waals surface area contributed by atoms with Gasteiger partial charge >= 0.3 is 0 Å². The number of ether oxygens (including phenoxy) is 1. The van der Waals surface area contributed by atoms with E-state index in [0.29, 0.717) is 6.04 Å². The van der Waals surface area contributed by atoms with Gasteiger partial charge in [0.2, 0.25) is 0 Å². The summed E-state index contributed by atoms with van der Waals surface area (Å²) >= 11 is 0. The molecule has 17 heavy (non-hydrogen) atoms. The standard InChI is InChI=1S/C15H23NO/c1-11-7-12(2)15(13(3)8-11)9-16-14-5-4-6-17-10-14/h7-8,14,16H,4-6,9-10H2,1-3H3. The lowest BCUT2D eigenvalue weighted by atomic mass is 9.99. The third-order valence-electron chi connectivity index (χ3n) is 3.57. The van der Waals surface area contributed by atoms with Gasteiger partial charge in [0.1, 0.15) is 0 Å². The van der Waals surface area contributed by atoms with Crippen LogP contribution in [0, 0.1) is 20.8 Å². The van der Waals surface area contributed by atoms with Crippen molar-refractivity contribution >= 4 is 0 Å². The summed E-state index contributed by atoms with van der Waals surface area (Å²) in [6.07, 6.45) is 2.42. The molecule has 0 amide bonds. The highest BCUT2D eigenvalue weighted by atomic mass is 16.5. The normalized spacial score (nSPS) is 20.5. The van der Waals surface area contributed by atoms with Gasteiger partial charge in [-0.3, -0.25) is 0 Å². The van der Waals surface area contributed by atoms with Crippen molar-refractivity contribution in [2.75, 3.05) is 13.2 Å². The SMILES string of the molecule is Cc1cc(C)c(CNC2CCCOC2)c(C)c1. The van der Waals surface area contributed by atoms with Crippen molar-refractivity contribution in [1.82, 2.24) is 5.32 Å². The Labute approximate surface area is 104 Å². The van der Waals surface area contributed by atoms with Gasteiger partial charge in [0.25, 0.3) is 0 Å². The molecule has 0 spiro atoms. The fourth-order valence-corrected chi connectivity index (χ4v) is 2.64. The van der Waals surface area contributed by atoms with Gasteiger partial charge in [0.15, 0.2) is 0 Å². The van der Waals surface area contributed by atoms with E-state index in [4.69, 9.17) is 4.74 Å². The minimum Gasteiger partial charge on any atom is -0.380 e. The summed E-state index contributed by atoms with van der Waals surface area (Å²) in [6, 6.07) is 5.06. The van der Waals surface area contributed by atoms with Crippen molar-refractivity contribution < 1.29 is 4.74 Å². The van der Waals surface area contributed by atoms with Gasteiger partial charge in [0.05, 0.1) is 6.61 Å². The summed E-state index contributed by atoms with van der Waals surface area (Å²) in [5.41, 5.74) is 5.59. The van der Waals surface area contributed by atoms with Gasteiger partial charge < -0.3 is 10.1 Å². The Morgan fingerprint density at radius 1 is 1.24 bits per heavy atom. The molecule has 0 aromatic heterocycles. The Balaban J connectivity index is 1.98. The number of nitrogens with one attached hydrogen (secondary N) is 1. The predicted octanol–water partition coefficient (Wildman–Crippen LogP) is 2.88. The van der Waals surface area contributed by atoms with Crippen LogP contribution in [-0.2, 0) is 11.3 Å². The Morgan fingerprint density at radius 2 is 1.94 bits per heavy atom. The first kappa shape index (κ1) is 12.6. The molecule has 1 aromatic rings. The van der Waals surface area contributed by atoms with Gasteiger partial charge in [-0.2, -0.15) is 0 Å². The smallest absolute Gasteiger partial charge is 0.0619 e. The molecule has 0 bridgehead atoms. The zero-order valence-electron chi connectivity index (χ0n) is 11.2. The van der Waals surface area contributed by atoms with Crippen molar-refractivity contribution in [3.05, 3.63) is 34.4 Å². The van der Waals surface area contributed by atoms with Gasteiger partial charge in [-0.25, -0.2) is 0 Å². The molecule has 0 aliphatic carbocycles. The second-order valence-corrected chi connectivity index (χ2v) is 5.17. The molecular weight excluding hydrogens is 210 g/mol. The zero-order valence-corrected chi connectivity index (χ0v) is 11.2. The predicted molar refractivity (Wildman–Crippen MR) is 71.3 cm³/mol. The number of rotatable bonds is 3. The molecule has 1 aliphatic heterocycles. The fraction of sp³-hybridized carbons (Fsp3) is 0.600. The summed E-state index contributed by atoms with van der Waals surface area (Å²) < 4.78 is 5.49. The van der Waals surface area contributed by atoms with Gasteiger partial charge in [-0.1, -0.05) is 17.7 Å². The van der Waals surface area contributed by atoms with Crippen LogP contribution >= 0.6 is 0 Å². The Hall–Kier alpha value is -0.860. The van der Waals surface area contributed by atoms with E-state index in [1.807, 2.05) is 0 Å². The monoisotopic (exact) mass is 233 g/mol. The van der Waals surface area contributed by atoms with E-state index in [9.17, 15) is 0 Å². The molecule has 1 fully saturated rings. The van der Waals surface area contributed by atoms with Gasteiger partial charge in [-0.05, 0) is 50.3 Å². The van der Waals surface area contributed by atoms with Crippen molar-refractivity contribution in [3.63, 3.8) is 0 Å². The molecule has 1 aromatic carbocycles. The van der Waals surface area contributed by atoms with Crippen LogP contribution in [0.4, 0.5) is 0 Å². The number of aryl methyl sites for hydroxylation is 3. The van der Waals surface area contributed by atoms with Crippen LogP contribution in [-0.4, -0.2) is 19.3 Å². The van der Waals surface area contributed by atoms with E-state index in [0.717, 1.165) is 19.8 Å². The minimum atomic E-state index is 0.531. The zero-order chi connectivity index (χ0) is 12.3. The molecule has 1 N–H and O–H groups in total. The topological polar surface area (TPSA) is 21.3 Å². The van der Waals surface area contributed by atoms with E-state index in [1.54, 1.807) is 0 Å². The molecule has 1 unspecified atom stereocenters. The molecular formula is C15H23NO. The maximum atomic E-state index is 5.49. The van der Waals surface area contributed by atoms with Crippen LogP contribution in [0.15, 0.2) is 12.1 Å². The van der Waals surface area contributed by atoms with Crippen molar-refractivity contribution in [1.29, 1.82) is 0 Å². The number of hydrogen-bond donors (Lipinski definition) is 1. The molecule has 94 valence electrons. The van der Waals surface area contributed by atoms with Gasteiger partial charge in [0, 0.05) is 19.2 Å². The molecule has 0 saturated carbocycles. The average molecular weight is 233 g/mol. The fourth-order valence-electron chi connectivity index (χ4n) is 2.64. The second kappa shape index (κ2) is 5.65. The largest absolute Gasteiger partial charge is 0.380 e. The Kier molecular flexibility index (Phi) is 4.19. The highest BCUT2D eigenvalue weighted by molar-refractivity contribution is 5.37. The summed E-state index contributed by atoms with van der Waals surface area (Å²) in [6.45, 7) is 9.33. The number of benzene rings is 1. The van der Waals surface area contributed by atoms with Crippen molar-refractivity contribution in [2.45, 2.75) is 46.2 Å². The highest BCUT2D eigenvalue weighted by Crippen LogP contribution is 2.17. The van der Waals surface area contributed by atoms with Crippen LogP contribution in [0.25, 0.3) is 0 Å². The van der Waals surface area contributed by atoms with Crippen LogP contribution < -0.4 is 5.32 Å². The maximum absolute atomic E-state index is 5.49. The third kappa shape index (κ3) is 3.30. The average Bonchev–Trinajstić information content (AvgIpc) is 2.29. The van der Waals surface area contributed by atoms with Crippen LogP contribution in [0.2, 0.25) is 0 Å². The van der Waals surface area contributed by atoms with Crippen molar-refractivity contribution in [2.24, 2.45) is 0 Å². The van der Waals surface area contributed by atoms with E-state index in [1.165, 1.54) is 35.1 Å². The highest BCUT2D eigenvalue weighted by Gasteiger charge is 2.13. The maximum Gasteiger partial charge on any atom is 0.0619 e. The Morgan fingerprint density at radius 3 is 2.53 bits per heavy atom. The molecule has 0 radical (unpaired) electrons. The first-order valence-electron chi connectivity index (χ1n) is 6.54. The van der Waals surface area contributed by atoms with Gasteiger partial charge in [-0.15, -0.1) is 0 Å². The minimum absolute atomic E-state index is 0.531. The first-order chi connectivity index (χ1) is 8.16. The van der Waals surface area contributed by atoms with E-state index in [-0.39, 0.29) is 0 Å². The summed E-state index contributed by atoms with van der Waals surface area (Å²) in [7, 11) is 0. The molecule has 1 heterocycles.